The topological polar surface area (TPSA) is 156 Å². The molecule has 1 spiro atoms. The van der Waals surface area contributed by atoms with E-state index in [9.17, 15) is 24.3 Å². The number of aliphatic hydroxyl groups excluding tert-OH is 1. The van der Waals surface area contributed by atoms with Gasteiger partial charge in [-0.25, -0.2) is 4.68 Å². The van der Waals surface area contributed by atoms with Gasteiger partial charge in [-0.3, -0.25) is 19.2 Å². The van der Waals surface area contributed by atoms with Crippen molar-refractivity contribution < 1.29 is 33.8 Å². The molecule has 6 atom stereocenters. The first-order valence-corrected chi connectivity index (χ1v) is 16.7. The number of nitrogens with zero attached hydrogens (tertiary/aromatic N) is 5. The number of carbonyl (C=O) groups is 4. The molecular weight excluding hydrogens is 628 g/mol. The molecule has 4 heterocycles. The van der Waals surface area contributed by atoms with Gasteiger partial charge in [0.2, 0.25) is 17.7 Å². The lowest BCUT2D eigenvalue weighted by Crippen LogP contribution is -2.56. The van der Waals surface area contributed by atoms with Gasteiger partial charge in [0.05, 0.1) is 29.5 Å². The first-order valence-electron chi connectivity index (χ1n) is 16.7. The van der Waals surface area contributed by atoms with Crippen LogP contribution in [0.15, 0.2) is 79.9 Å². The van der Waals surface area contributed by atoms with Crippen LogP contribution in [0.1, 0.15) is 43.7 Å². The number of fused-ring (bicyclic) bond motifs is 2. The molecule has 3 amide bonds. The number of aromatic nitrogens is 3. The zero-order valence-corrected chi connectivity index (χ0v) is 27.4. The molecule has 49 heavy (non-hydrogen) atoms. The molecule has 6 rings (SSSR count). The fourth-order valence-corrected chi connectivity index (χ4v) is 7.59. The van der Waals surface area contributed by atoms with Gasteiger partial charge in [-0.1, -0.05) is 59.8 Å². The van der Waals surface area contributed by atoms with Gasteiger partial charge in [0.25, 0.3) is 0 Å². The highest BCUT2D eigenvalue weighted by Crippen LogP contribution is 2.58. The molecule has 13 heteroatoms. The molecule has 3 aliphatic rings. The summed E-state index contributed by atoms with van der Waals surface area (Å²) in [7, 11) is 0. The van der Waals surface area contributed by atoms with Crippen molar-refractivity contribution >= 4 is 34.7 Å². The van der Waals surface area contributed by atoms with E-state index in [0.717, 1.165) is 11.1 Å². The molecule has 3 aromatic rings. The summed E-state index contributed by atoms with van der Waals surface area (Å²) < 4.78 is 13.7. The molecule has 0 radical (unpaired) electrons. The lowest BCUT2D eigenvalue weighted by molar-refractivity contribution is -0.149. The number of esters is 1. The van der Waals surface area contributed by atoms with Crippen LogP contribution < -0.4 is 5.32 Å². The van der Waals surface area contributed by atoms with Crippen LogP contribution in [0.3, 0.4) is 0 Å². The number of benzene rings is 2. The van der Waals surface area contributed by atoms with Gasteiger partial charge < -0.3 is 29.7 Å². The maximum absolute atomic E-state index is 14.6. The largest absolute Gasteiger partial charge is 0.463 e. The number of nitrogens with one attached hydrogen (secondary N) is 1. The molecular formula is C36H42N6O7. The minimum atomic E-state index is -1.24. The van der Waals surface area contributed by atoms with Crippen LogP contribution in [0, 0.1) is 11.8 Å². The number of ether oxygens (including phenoxy) is 2. The Labute approximate surface area is 284 Å². The van der Waals surface area contributed by atoms with Gasteiger partial charge >= 0.3 is 5.97 Å². The van der Waals surface area contributed by atoms with E-state index in [2.05, 4.69) is 28.8 Å². The first kappa shape index (κ1) is 34.0. The van der Waals surface area contributed by atoms with Gasteiger partial charge in [-0.15, -0.1) is 18.3 Å². The maximum Gasteiger partial charge on any atom is 0.306 e. The first-order chi connectivity index (χ1) is 23.8. The van der Waals surface area contributed by atoms with Crippen molar-refractivity contribution in [2.24, 2.45) is 11.8 Å². The normalized spacial score (nSPS) is 24.4. The molecule has 3 aliphatic heterocycles. The van der Waals surface area contributed by atoms with Crippen molar-refractivity contribution in [2.45, 2.75) is 62.6 Å². The maximum atomic E-state index is 14.6. The Morgan fingerprint density at radius 3 is 2.67 bits per heavy atom. The Hall–Kier alpha value is -4.88. The number of allylic oxidation sites excluding steroid dienone is 1. The average Bonchev–Trinajstić information content (AvgIpc) is 3.87. The third-order valence-corrected chi connectivity index (χ3v) is 9.76. The van der Waals surface area contributed by atoms with E-state index in [1.54, 1.807) is 21.7 Å². The summed E-state index contributed by atoms with van der Waals surface area (Å²) >= 11 is 0. The van der Waals surface area contributed by atoms with Gasteiger partial charge in [0.15, 0.2) is 0 Å². The highest BCUT2D eigenvalue weighted by Gasteiger charge is 2.74. The molecule has 258 valence electrons. The second-order valence-electron chi connectivity index (χ2n) is 12.7. The van der Waals surface area contributed by atoms with Crippen molar-refractivity contribution in [3.05, 3.63) is 85.5 Å². The number of hydrogen-bond donors (Lipinski definition) is 2. The molecule has 2 bridgehead atoms. The molecule has 1 aromatic heterocycles. The predicted octanol–water partition coefficient (Wildman–Crippen LogP) is 2.53. The molecule has 3 saturated heterocycles. The summed E-state index contributed by atoms with van der Waals surface area (Å²) in [6, 6.07) is 14.9. The van der Waals surface area contributed by atoms with E-state index in [-0.39, 0.29) is 57.6 Å². The minimum Gasteiger partial charge on any atom is -0.463 e. The monoisotopic (exact) mass is 670 g/mol. The standard InChI is InChI=1S/C36H42N6O7/c1-3-5-16-29(44)48-22-26(24-12-7-6-8-13-24)37-33(45)30-28-17-18-36(49-28)31(30)34(46)41(20-11-21-43)32(36)35(47)40(19-4-2)23-42-27-15-10-9-14-25(27)38-39-42/h3-4,6-10,12-15,26,28,30-32,43H,1-2,5,11,16-23H2,(H,37,45)/t26-,28-,30+,31+,32-,36+/m1/s1. The van der Waals surface area contributed by atoms with E-state index in [1.165, 1.54) is 4.90 Å². The SMILES string of the molecule is C=CCCC(=O)OC[C@@H](NC(=O)[C@@H]1[C@H]2C(=O)N(CCCO)[C@H](C(=O)N(CC=C)Cn3nnc4ccccc43)[C@]23CC[C@H]1O3)c1ccccc1. The predicted molar refractivity (Wildman–Crippen MR) is 178 cm³/mol. The Bertz CT molecular complexity index is 1710. The van der Waals surface area contributed by atoms with Gasteiger partial charge in [-0.2, -0.15) is 0 Å². The van der Waals surface area contributed by atoms with Crippen LogP contribution in [-0.2, 0) is 35.3 Å². The second-order valence-corrected chi connectivity index (χ2v) is 12.7. The highest BCUT2D eigenvalue weighted by atomic mass is 16.5. The molecule has 2 aromatic carbocycles. The smallest absolute Gasteiger partial charge is 0.306 e. The van der Waals surface area contributed by atoms with Gasteiger partial charge in [-0.05, 0) is 43.4 Å². The van der Waals surface area contributed by atoms with Crippen molar-refractivity contribution in [3.63, 3.8) is 0 Å². The quantitative estimate of drug-likeness (QED) is 0.173. The third kappa shape index (κ3) is 6.47. The van der Waals surface area contributed by atoms with Crippen LogP contribution in [0.25, 0.3) is 11.0 Å². The molecule has 0 aliphatic carbocycles. The Kier molecular flexibility index (Phi) is 10.2. The molecule has 2 N–H and O–H groups in total. The number of para-hydroxylation sites is 1. The number of rotatable bonds is 16. The third-order valence-electron chi connectivity index (χ3n) is 9.76. The summed E-state index contributed by atoms with van der Waals surface area (Å²) in [4.78, 5) is 58.6. The van der Waals surface area contributed by atoms with Crippen LogP contribution >= 0.6 is 0 Å². The van der Waals surface area contributed by atoms with E-state index >= 15 is 0 Å². The van der Waals surface area contributed by atoms with Crippen molar-refractivity contribution in [3.8, 4) is 0 Å². The van der Waals surface area contributed by atoms with Crippen LogP contribution in [-0.4, -0.2) is 97.6 Å². The van der Waals surface area contributed by atoms with E-state index in [1.807, 2.05) is 54.6 Å². The Balaban J connectivity index is 1.28. The molecule has 13 nitrogen and oxygen atoms in total. The van der Waals surface area contributed by atoms with Gasteiger partial charge in [0.1, 0.15) is 30.4 Å². The molecule has 0 saturated carbocycles. The van der Waals surface area contributed by atoms with Crippen molar-refractivity contribution in [1.29, 1.82) is 0 Å². The van der Waals surface area contributed by atoms with Crippen molar-refractivity contribution in [2.75, 3.05) is 26.3 Å². The summed E-state index contributed by atoms with van der Waals surface area (Å²) in [5, 5.41) is 21.2. The molecule has 0 unspecified atom stereocenters. The van der Waals surface area contributed by atoms with Crippen LogP contribution in [0.4, 0.5) is 0 Å². The average molecular weight is 671 g/mol. The van der Waals surface area contributed by atoms with Crippen LogP contribution in [0.5, 0.6) is 0 Å². The Morgan fingerprint density at radius 1 is 1.14 bits per heavy atom. The lowest BCUT2D eigenvalue weighted by atomic mass is 9.70. The number of aliphatic hydroxyl groups is 1. The summed E-state index contributed by atoms with van der Waals surface area (Å²) in [5.74, 6) is -3.32. The van der Waals surface area contributed by atoms with Crippen LogP contribution in [0.2, 0.25) is 0 Å². The zero-order valence-electron chi connectivity index (χ0n) is 27.4. The zero-order chi connectivity index (χ0) is 34.5. The fourth-order valence-electron chi connectivity index (χ4n) is 7.59. The minimum absolute atomic E-state index is 0.0578. The Morgan fingerprint density at radius 2 is 1.92 bits per heavy atom. The molecule has 3 fully saturated rings. The number of amides is 3. The summed E-state index contributed by atoms with van der Waals surface area (Å²) in [6.45, 7) is 7.57. The number of likely N-dealkylation sites (tertiary alicyclic amines) is 1. The lowest BCUT2D eigenvalue weighted by Gasteiger charge is -2.36. The fraction of sp³-hybridized carbons (Fsp3) is 0.444. The highest BCUT2D eigenvalue weighted by molar-refractivity contribution is 5.99. The van der Waals surface area contributed by atoms with Crippen molar-refractivity contribution in [1.82, 2.24) is 30.1 Å². The van der Waals surface area contributed by atoms with Gasteiger partial charge in [0, 0.05) is 26.1 Å². The van der Waals surface area contributed by atoms with E-state index in [0.29, 0.717) is 24.8 Å². The number of hydrogen-bond acceptors (Lipinski definition) is 9. The second kappa shape index (κ2) is 14.7. The van der Waals surface area contributed by atoms with E-state index in [4.69, 9.17) is 9.47 Å². The summed E-state index contributed by atoms with van der Waals surface area (Å²) in [6.07, 6.45) is 4.47. The number of carbonyl (C=O) groups excluding carboxylic acids is 4. The van der Waals surface area contributed by atoms with E-state index < -0.39 is 47.5 Å². The summed E-state index contributed by atoms with van der Waals surface area (Å²) in [5.41, 5.74) is 0.927.